The summed E-state index contributed by atoms with van der Waals surface area (Å²) in [6.45, 7) is 3.41. The first-order valence-corrected chi connectivity index (χ1v) is 10.5. The number of hydrogen-bond acceptors (Lipinski definition) is 8. The molecule has 3 heterocycles. The molecule has 3 aromatic rings. The number of carbonyl (C=O) groups excluding carboxylic acids is 1. The summed E-state index contributed by atoms with van der Waals surface area (Å²) in [6, 6.07) is 6.68. The number of allylic oxidation sites excluding steroid dienone is 1. The number of carbonyl (C=O) groups is 1. The van der Waals surface area contributed by atoms with Gasteiger partial charge >= 0.3 is 5.97 Å². The number of hydrogen-bond donors (Lipinski definition) is 0. The van der Waals surface area contributed by atoms with E-state index in [1.807, 2.05) is 0 Å². The lowest BCUT2D eigenvalue weighted by Crippen LogP contribution is -2.39. The molecule has 4 rings (SSSR count). The fraction of sp³-hybridized carbons (Fsp3) is 0.190. The van der Waals surface area contributed by atoms with Crippen LogP contribution in [0, 0.1) is 17.0 Å². The summed E-state index contributed by atoms with van der Waals surface area (Å²) >= 11 is 7.09. The summed E-state index contributed by atoms with van der Waals surface area (Å²) in [7, 11) is 1.22. The van der Waals surface area contributed by atoms with Crippen LogP contribution in [-0.2, 0) is 9.53 Å². The molecule has 0 N–H and O–H groups in total. The number of rotatable bonds is 4. The van der Waals surface area contributed by atoms with E-state index in [-0.39, 0.29) is 16.3 Å². The second-order valence-corrected chi connectivity index (χ2v) is 8.41. The van der Waals surface area contributed by atoms with Gasteiger partial charge in [0, 0.05) is 12.1 Å². The molecule has 0 saturated heterocycles. The highest BCUT2D eigenvalue weighted by atomic mass is 35.5. The first-order chi connectivity index (χ1) is 15.2. The van der Waals surface area contributed by atoms with Crippen molar-refractivity contribution in [2.75, 3.05) is 7.11 Å². The van der Waals surface area contributed by atoms with Gasteiger partial charge in [0.05, 0.1) is 33.9 Å². The van der Waals surface area contributed by atoms with Crippen molar-refractivity contribution >= 4 is 40.7 Å². The minimum Gasteiger partial charge on any atom is -0.466 e. The predicted molar refractivity (Wildman–Crippen MR) is 117 cm³/mol. The maximum absolute atomic E-state index is 13.4. The standard InChI is InChI=1S/C21H16ClN3O6S/c1-10-4-6-13(31-10)9-16-19(26)24-18(12-5-7-14(22)15(8-12)25(28)29)17(20(27)30-3)11(2)23-21(24)32-16/h4-9,18H,1-3H3. The second kappa shape index (κ2) is 8.21. The number of nitrogens with zero attached hydrogens (tertiary/aromatic N) is 3. The molecule has 0 saturated carbocycles. The fourth-order valence-corrected chi connectivity index (χ4v) is 4.72. The molecule has 0 spiro atoms. The van der Waals surface area contributed by atoms with Gasteiger partial charge in [0.1, 0.15) is 16.5 Å². The van der Waals surface area contributed by atoms with E-state index in [1.54, 1.807) is 32.1 Å². The molecule has 1 atom stereocenters. The zero-order valence-electron chi connectivity index (χ0n) is 17.1. The molecular weight excluding hydrogens is 458 g/mol. The molecule has 1 aliphatic rings. The van der Waals surface area contributed by atoms with Crippen LogP contribution in [0.5, 0.6) is 0 Å². The van der Waals surface area contributed by atoms with Gasteiger partial charge in [-0.15, -0.1) is 0 Å². The highest BCUT2D eigenvalue weighted by molar-refractivity contribution is 7.07. The summed E-state index contributed by atoms with van der Waals surface area (Å²) in [5.41, 5.74) is 0.0332. The number of aryl methyl sites for hydroxylation is 1. The van der Waals surface area contributed by atoms with E-state index >= 15 is 0 Å². The summed E-state index contributed by atoms with van der Waals surface area (Å²) in [4.78, 5) is 41.6. The molecule has 2 aromatic heterocycles. The van der Waals surface area contributed by atoms with Crippen molar-refractivity contribution in [3.8, 4) is 0 Å². The van der Waals surface area contributed by atoms with Crippen LogP contribution in [0.2, 0.25) is 5.02 Å². The normalized spacial score (nSPS) is 16.0. The predicted octanol–water partition coefficient (Wildman–Crippen LogP) is 2.87. The van der Waals surface area contributed by atoms with E-state index in [9.17, 15) is 19.7 Å². The Kier molecular flexibility index (Phi) is 5.57. The topological polar surface area (TPSA) is 117 Å². The van der Waals surface area contributed by atoms with Crippen molar-refractivity contribution < 1.29 is 18.9 Å². The van der Waals surface area contributed by atoms with Gasteiger partial charge in [-0.1, -0.05) is 29.0 Å². The number of nitro benzene ring substituents is 1. The number of thiazole rings is 1. The first kappa shape index (κ1) is 21.7. The Labute approximate surface area is 189 Å². The van der Waals surface area contributed by atoms with Gasteiger partial charge in [0.2, 0.25) is 0 Å². The van der Waals surface area contributed by atoms with Crippen molar-refractivity contribution in [2.45, 2.75) is 19.9 Å². The zero-order chi connectivity index (χ0) is 23.2. The summed E-state index contributed by atoms with van der Waals surface area (Å²) in [5.74, 6) is 0.499. The highest BCUT2D eigenvalue weighted by Gasteiger charge is 2.34. The number of ether oxygens (including phenoxy) is 1. The van der Waals surface area contributed by atoms with Crippen LogP contribution in [0.4, 0.5) is 5.69 Å². The second-order valence-electron chi connectivity index (χ2n) is 6.99. The van der Waals surface area contributed by atoms with Crippen LogP contribution < -0.4 is 14.9 Å². The number of methoxy groups -OCH3 is 1. The maximum atomic E-state index is 13.4. The number of nitro groups is 1. The van der Waals surface area contributed by atoms with Gasteiger partial charge in [0.25, 0.3) is 11.2 Å². The van der Waals surface area contributed by atoms with Gasteiger partial charge in [-0.3, -0.25) is 19.5 Å². The van der Waals surface area contributed by atoms with Gasteiger partial charge < -0.3 is 9.15 Å². The number of esters is 1. The molecule has 0 amide bonds. The molecule has 32 heavy (non-hydrogen) atoms. The van der Waals surface area contributed by atoms with E-state index in [0.717, 1.165) is 11.3 Å². The molecule has 1 unspecified atom stereocenters. The summed E-state index contributed by atoms with van der Waals surface area (Å²) in [5, 5.41) is 11.4. The van der Waals surface area contributed by atoms with Crippen LogP contribution >= 0.6 is 22.9 Å². The fourth-order valence-electron chi connectivity index (χ4n) is 3.51. The van der Waals surface area contributed by atoms with Crippen LogP contribution in [0.15, 0.2) is 55.8 Å². The van der Waals surface area contributed by atoms with E-state index < -0.39 is 22.5 Å². The molecule has 0 radical (unpaired) electrons. The SMILES string of the molecule is COC(=O)C1=C(C)N=c2sc(=Cc3ccc(C)o3)c(=O)n2C1c1ccc(Cl)c([N+](=O)[O-])c1. The molecule has 11 heteroatoms. The number of halogens is 1. The lowest BCUT2D eigenvalue weighted by Gasteiger charge is -2.24. The van der Waals surface area contributed by atoms with Crippen molar-refractivity contribution in [3.05, 3.63) is 93.5 Å². The molecular formula is C21H16ClN3O6S. The zero-order valence-corrected chi connectivity index (χ0v) is 18.7. The Morgan fingerprint density at radius 3 is 2.72 bits per heavy atom. The largest absolute Gasteiger partial charge is 0.466 e. The third kappa shape index (κ3) is 3.67. The summed E-state index contributed by atoms with van der Waals surface area (Å²) < 4.78 is 12.1. The van der Waals surface area contributed by atoms with Crippen molar-refractivity contribution in [3.63, 3.8) is 0 Å². The third-order valence-corrected chi connectivity index (χ3v) is 6.25. The Hall–Kier alpha value is -3.50. The quantitative estimate of drug-likeness (QED) is 0.326. The van der Waals surface area contributed by atoms with E-state index in [0.29, 0.717) is 32.1 Å². The van der Waals surface area contributed by atoms with Crippen molar-refractivity contribution in [1.82, 2.24) is 4.57 Å². The van der Waals surface area contributed by atoms with Gasteiger partial charge in [-0.2, -0.15) is 0 Å². The first-order valence-electron chi connectivity index (χ1n) is 9.32. The lowest BCUT2D eigenvalue weighted by molar-refractivity contribution is -0.384. The molecule has 9 nitrogen and oxygen atoms in total. The van der Waals surface area contributed by atoms with Crippen molar-refractivity contribution in [1.29, 1.82) is 0 Å². The minimum atomic E-state index is -0.977. The molecule has 164 valence electrons. The number of benzene rings is 1. The summed E-state index contributed by atoms with van der Waals surface area (Å²) in [6.07, 6.45) is 1.59. The van der Waals surface area contributed by atoms with Crippen LogP contribution in [0.1, 0.15) is 30.0 Å². The van der Waals surface area contributed by atoms with E-state index in [1.165, 1.54) is 29.9 Å². The third-order valence-electron chi connectivity index (χ3n) is 4.94. The molecule has 1 aromatic carbocycles. The Morgan fingerprint density at radius 1 is 1.34 bits per heavy atom. The van der Waals surface area contributed by atoms with Crippen LogP contribution in [-0.4, -0.2) is 22.6 Å². The lowest BCUT2D eigenvalue weighted by atomic mass is 9.95. The molecule has 0 aliphatic carbocycles. The van der Waals surface area contributed by atoms with Gasteiger partial charge in [0.15, 0.2) is 4.80 Å². The van der Waals surface area contributed by atoms with Crippen LogP contribution in [0.25, 0.3) is 6.08 Å². The van der Waals surface area contributed by atoms with Crippen LogP contribution in [0.3, 0.4) is 0 Å². The van der Waals surface area contributed by atoms with E-state index in [4.69, 9.17) is 20.8 Å². The Morgan fingerprint density at radius 2 is 2.09 bits per heavy atom. The average Bonchev–Trinajstić information content (AvgIpc) is 3.29. The minimum absolute atomic E-state index is 0.0559. The van der Waals surface area contributed by atoms with Gasteiger partial charge in [-0.05, 0) is 37.6 Å². The molecule has 1 aliphatic heterocycles. The smallest absolute Gasteiger partial charge is 0.338 e. The van der Waals surface area contributed by atoms with Gasteiger partial charge in [-0.25, -0.2) is 9.79 Å². The maximum Gasteiger partial charge on any atom is 0.338 e. The Balaban J connectivity index is 2.01. The van der Waals surface area contributed by atoms with E-state index in [2.05, 4.69) is 4.99 Å². The van der Waals surface area contributed by atoms with Crippen molar-refractivity contribution in [2.24, 2.45) is 4.99 Å². The Bertz CT molecular complexity index is 1480. The molecule has 0 fully saturated rings. The highest BCUT2D eigenvalue weighted by Crippen LogP contribution is 2.34. The average molecular weight is 474 g/mol. The number of aromatic nitrogens is 1. The monoisotopic (exact) mass is 473 g/mol. The molecule has 0 bridgehead atoms. The number of furan rings is 1. The number of fused-ring (bicyclic) bond motifs is 1.